The van der Waals surface area contributed by atoms with Gasteiger partial charge < -0.3 is 10.2 Å². The average molecular weight is 232 g/mol. The van der Waals surface area contributed by atoms with Gasteiger partial charge in [-0.2, -0.15) is 0 Å². The van der Waals surface area contributed by atoms with E-state index in [1.807, 2.05) is 7.05 Å². The largest absolute Gasteiger partial charge is 0.371 e. The number of benzene rings is 1. The first kappa shape index (κ1) is 12.4. The molecule has 2 nitrogen and oxygen atoms in total. The first-order valence-corrected chi connectivity index (χ1v) is 6.82. The quantitative estimate of drug-likeness (QED) is 0.839. The lowest BCUT2D eigenvalue weighted by Gasteiger charge is -2.19. The molecule has 94 valence electrons. The smallest absolute Gasteiger partial charge is 0.0366 e. The van der Waals surface area contributed by atoms with Crippen molar-refractivity contribution in [1.82, 2.24) is 5.32 Å². The molecule has 0 aliphatic carbocycles. The summed E-state index contributed by atoms with van der Waals surface area (Å²) in [6.07, 6.45) is 3.74. The van der Waals surface area contributed by atoms with Crippen molar-refractivity contribution in [3.8, 4) is 0 Å². The molecule has 0 amide bonds. The summed E-state index contributed by atoms with van der Waals surface area (Å²) >= 11 is 0. The van der Waals surface area contributed by atoms with Crippen molar-refractivity contribution in [2.24, 2.45) is 5.92 Å². The maximum absolute atomic E-state index is 3.28. The molecule has 1 aliphatic rings. The molecule has 1 aliphatic heterocycles. The first-order chi connectivity index (χ1) is 8.33. The molecule has 0 aromatic heterocycles. The van der Waals surface area contributed by atoms with E-state index in [1.165, 1.54) is 43.6 Å². The molecule has 1 heterocycles. The SMILES string of the molecule is CCCc1ccc(N2CCC(CNC)C2)cc1. The van der Waals surface area contributed by atoms with Crippen molar-refractivity contribution in [1.29, 1.82) is 0 Å². The van der Waals surface area contributed by atoms with Gasteiger partial charge in [0, 0.05) is 18.8 Å². The second kappa shape index (κ2) is 6.06. The summed E-state index contributed by atoms with van der Waals surface area (Å²) in [6.45, 7) is 5.79. The lowest BCUT2D eigenvalue weighted by Crippen LogP contribution is -2.24. The Bertz CT molecular complexity index is 331. The van der Waals surface area contributed by atoms with Crippen LogP contribution in [0.15, 0.2) is 24.3 Å². The van der Waals surface area contributed by atoms with Gasteiger partial charge in [0.2, 0.25) is 0 Å². The van der Waals surface area contributed by atoms with Crippen LogP contribution in [0.4, 0.5) is 5.69 Å². The molecule has 1 atom stereocenters. The molecule has 0 saturated carbocycles. The Balaban J connectivity index is 1.94. The molecule has 1 aromatic carbocycles. The van der Waals surface area contributed by atoms with Crippen molar-refractivity contribution in [3.05, 3.63) is 29.8 Å². The summed E-state index contributed by atoms with van der Waals surface area (Å²) in [5, 5.41) is 3.28. The zero-order valence-corrected chi connectivity index (χ0v) is 11.1. The van der Waals surface area contributed by atoms with Gasteiger partial charge in [0.15, 0.2) is 0 Å². The molecule has 0 radical (unpaired) electrons. The Morgan fingerprint density at radius 1 is 1.29 bits per heavy atom. The molecule has 1 unspecified atom stereocenters. The molecule has 17 heavy (non-hydrogen) atoms. The average Bonchev–Trinajstić information content (AvgIpc) is 2.80. The van der Waals surface area contributed by atoms with Crippen molar-refractivity contribution in [3.63, 3.8) is 0 Å². The van der Waals surface area contributed by atoms with Crippen LogP contribution in [-0.2, 0) is 6.42 Å². The zero-order chi connectivity index (χ0) is 12.1. The fourth-order valence-electron chi connectivity index (χ4n) is 2.68. The number of hydrogen-bond acceptors (Lipinski definition) is 2. The highest BCUT2D eigenvalue weighted by Crippen LogP contribution is 2.23. The first-order valence-electron chi connectivity index (χ1n) is 6.82. The van der Waals surface area contributed by atoms with Gasteiger partial charge in [-0.15, -0.1) is 0 Å². The summed E-state index contributed by atoms with van der Waals surface area (Å²) in [6, 6.07) is 9.13. The van der Waals surface area contributed by atoms with Gasteiger partial charge in [-0.1, -0.05) is 25.5 Å². The number of hydrogen-bond donors (Lipinski definition) is 1. The third kappa shape index (κ3) is 3.22. The van der Waals surface area contributed by atoms with Gasteiger partial charge in [-0.05, 0) is 50.0 Å². The van der Waals surface area contributed by atoms with E-state index < -0.39 is 0 Å². The lowest BCUT2D eigenvalue weighted by molar-refractivity contribution is 0.549. The summed E-state index contributed by atoms with van der Waals surface area (Å²) in [7, 11) is 2.04. The minimum absolute atomic E-state index is 0.815. The topological polar surface area (TPSA) is 15.3 Å². The zero-order valence-electron chi connectivity index (χ0n) is 11.1. The highest BCUT2D eigenvalue weighted by Gasteiger charge is 2.21. The number of nitrogens with one attached hydrogen (secondary N) is 1. The molecular formula is C15H24N2. The van der Waals surface area contributed by atoms with Crippen LogP contribution < -0.4 is 10.2 Å². The van der Waals surface area contributed by atoms with Crippen LogP contribution in [0, 0.1) is 5.92 Å². The molecule has 1 aromatic rings. The van der Waals surface area contributed by atoms with Crippen LogP contribution >= 0.6 is 0 Å². The van der Waals surface area contributed by atoms with Crippen LogP contribution in [0.2, 0.25) is 0 Å². The van der Waals surface area contributed by atoms with Crippen molar-refractivity contribution in [2.45, 2.75) is 26.2 Å². The predicted octanol–water partition coefficient (Wildman–Crippen LogP) is 2.68. The van der Waals surface area contributed by atoms with Gasteiger partial charge in [0.1, 0.15) is 0 Å². The van der Waals surface area contributed by atoms with Gasteiger partial charge >= 0.3 is 0 Å². The molecule has 0 spiro atoms. The van der Waals surface area contributed by atoms with Gasteiger partial charge in [-0.25, -0.2) is 0 Å². The molecule has 1 saturated heterocycles. The third-order valence-electron chi connectivity index (χ3n) is 3.62. The van der Waals surface area contributed by atoms with E-state index in [2.05, 4.69) is 41.4 Å². The van der Waals surface area contributed by atoms with E-state index in [0.717, 1.165) is 12.5 Å². The number of anilines is 1. The highest BCUT2D eigenvalue weighted by molar-refractivity contribution is 5.48. The second-order valence-corrected chi connectivity index (χ2v) is 5.07. The normalized spacial score (nSPS) is 19.9. The van der Waals surface area contributed by atoms with Crippen molar-refractivity contribution in [2.75, 3.05) is 31.6 Å². The van der Waals surface area contributed by atoms with E-state index in [1.54, 1.807) is 0 Å². The Labute approximate surface area is 105 Å². The van der Waals surface area contributed by atoms with Crippen molar-refractivity contribution < 1.29 is 0 Å². The second-order valence-electron chi connectivity index (χ2n) is 5.07. The fraction of sp³-hybridized carbons (Fsp3) is 0.600. The van der Waals surface area contributed by atoms with Crippen LogP contribution in [0.5, 0.6) is 0 Å². The van der Waals surface area contributed by atoms with Gasteiger partial charge in [0.25, 0.3) is 0 Å². The Morgan fingerprint density at radius 2 is 2.06 bits per heavy atom. The van der Waals surface area contributed by atoms with Crippen molar-refractivity contribution >= 4 is 5.69 Å². The Kier molecular flexibility index (Phi) is 4.43. The summed E-state index contributed by atoms with van der Waals surface area (Å²) in [5.74, 6) is 0.815. The standard InChI is InChI=1S/C15H24N2/c1-3-4-13-5-7-15(8-6-13)17-10-9-14(12-17)11-16-2/h5-8,14,16H,3-4,9-12H2,1-2H3. The summed E-state index contributed by atoms with van der Waals surface area (Å²) < 4.78 is 0. The van der Waals surface area contributed by atoms with E-state index in [9.17, 15) is 0 Å². The third-order valence-corrected chi connectivity index (χ3v) is 3.62. The molecule has 0 bridgehead atoms. The predicted molar refractivity (Wildman–Crippen MR) is 74.7 cm³/mol. The van der Waals surface area contributed by atoms with Gasteiger partial charge in [-0.3, -0.25) is 0 Å². The molecule has 1 N–H and O–H groups in total. The van der Waals surface area contributed by atoms with Crippen LogP contribution in [0.3, 0.4) is 0 Å². The fourth-order valence-corrected chi connectivity index (χ4v) is 2.68. The molecular weight excluding hydrogens is 208 g/mol. The maximum atomic E-state index is 3.28. The van der Waals surface area contributed by atoms with E-state index in [4.69, 9.17) is 0 Å². The molecule has 2 rings (SSSR count). The van der Waals surface area contributed by atoms with Crippen LogP contribution in [0.1, 0.15) is 25.3 Å². The molecule has 2 heteroatoms. The Morgan fingerprint density at radius 3 is 2.71 bits per heavy atom. The monoisotopic (exact) mass is 232 g/mol. The Hall–Kier alpha value is -1.02. The summed E-state index contributed by atoms with van der Waals surface area (Å²) in [4.78, 5) is 2.51. The number of nitrogens with zero attached hydrogens (tertiary/aromatic N) is 1. The lowest BCUT2D eigenvalue weighted by atomic mass is 10.1. The minimum Gasteiger partial charge on any atom is -0.371 e. The van der Waals surface area contributed by atoms with Crippen LogP contribution in [-0.4, -0.2) is 26.7 Å². The van der Waals surface area contributed by atoms with Gasteiger partial charge in [0.05, 0.1) is 0 Å². The highest BCUT2D eigenvalue weighted by atomic mass is 15.2. The van der Waals surface area contributed by atoms with E-state index in [-0.39, 0.29) is 0 Å². The minimum atomic E-state index is 0.815. The maximum Gasteiger partial charge on any atom is 0.0366 e. The number of rotatable bonds is 5. The summed E-state index contributed by atoms with van der Waals surface area (Å²) in [5.41, 5.74) is 2.85. The molecule has 1 fully saturated rings. The number of aryl methyl sites for hydroxylation is 1. The van der Waals surface area contributed by atoms with Crippen LogP contribution in [0.25, 0.3) is 0 Å². The van der Waals surface area contributed by atoms with E-state index >= 15 is 0 Å². The van der Waals surface area contributed by atoms with E-state index in [0.29, 0.717) is 0 Å².